The van der Waals surface area contributed by atoms with Crippen molar-refractivity contribution in [1.82, 2.24) is 9.88 Å². The minimum absolute atomic E-state index is 0.800. The zero-order valence-electron chi connectivity index (χ0n) is 8.42. The summed E-state index contributed by atoms with van der Waals surface area (Å²) in [6.07, 6.45) is 4.17. The van der Waals surface area contributed by atoms with E-state index in [0.29, 0.717) is 0 Å². The number of rotatable bonds is 6. The monoisotopic (exact) mass is 182 g/mol. The van der Waals surface area contributed by atoms with Gasteiger partial charge in [-0.3, -0.25) is 0 Å². The first-order chi connectivity index (χ1) is 6.29. The van der Waals surface area contributed by atoms with Gasteiger partial charge in [-0.25, -0.2) is 0 Å². The number of nitrogens with zero attached hydrogens (tertiary/aromatic N) is 1. The lowest BCUT2D eigenvalue weighted by Crippen LogP contribution is -2.13. The van der Waals surface area contributed by atoms with Gasteiger partial charge in [-0.15, -0.1) is 0 Å². The summed E-state index contributed by atoms with van der Waals surface area (Å²) in [7, 11) is 4.18. The van der Waals surface area contributed by atoms with Crippen molar-refractivity contribution in [1.29, 1.82) is 0 Å². The Morgan fingerprint density at radius 1 is 1.38 bits per heavy atom. The van der Waals surface area contributed by atoms with Gasteiger partial charge < -0.3 is 14.6 Å². The fourth-order valence-electron chi connectivity index (χ4n) is 1.12. The third-order valence-electron chi connectivity index (χ3n) is 1.83. The molecule has 1 aromatic rings. The maximum Gasteiger partial charge on any atom is 0.190 e. The highest BCUT2D eigenvalue weighted by atomic mass is 16.5. The molecule has 1 rings (SSSR count). The molecule has 0 amide bonds. The van der Waals surface area contributed by atoms with Gasteiger partial charge in [0.05, 0.1) is 6.61 Å². The van der Waals surface area contributed by atoms with Gasteiger partial charge >= 0.3 is 0 Å². The number of aromatic nitrogens is 1. The SMILES string of the molecule is CN(C)CCCCOc1ccc[nH]1. The number of aromatic amines is 1. The van der Waals surface area contributed by atoms with Gasteiger partial charge in [0.2, 0.25) is 0 Å². The second-order valence-corrected chi connectivity index (χ2v) is 3.39. The third kappa shape index (κ3) is 4.58. The summed E-state index contributed by atoms with van der Waals surface area (Å²) in [4.78, 5) is 5.19. The van der Waals surface area contributed by atoms with Crippen LogP contribution in [-0.4, -0.2) is 37.1 Å². The normalized spacial score (nSPS) is 10.7. The molecule has 13 heavy (non-hydrogen) atoms. The molecule has 74 valence electrons. The van der Waals surface area contributed by atoms with Crippen LogP contribution >= 0.6 is 0 Å². The van der Waals surface area contributed by atoms with Crippen molar-refractivity contribution in [3.63, 3.8) is 0 Å². The number of nitrogens with one attached hydrogen (secondary N) is 1. The Hall–Kier alpha value is -0.960. The predicted molar refractivity (Wildman–Crippen MR) is 54.1 cm³/mol. The lowest BCUT2D eigenvalue weighted by Gasteiger charge is -2.08. The molecule has 0 spiro atoms. The molecule has 3 nitrogen and oxygen atoms in total. The van der Waals surface area contributed by atoms with Crippen molar-refractivity contribution in [2.24, 2.45) is 0 Å². The van der Waals surface area contributed by atoms with Crippen molar-refractivity contribution in [3.05, 3.63) is 18.3 Å². The highest BCUT2D eigenvalue weighted by Gasteiger charge is 1.93. The fourth-order valence-corrected chi connectivity index (χ4v) is 1.12. The Morgan fingerprint density at radius 2 is 2.23 bits per heavy atom. The zero-order valence-corrected chi connectivity index (χ0v) is 8.42. The summed E-state index contributed by atoms with van der Waals surface area (Å²) in [6.45, 7) is 1.93. The number of unbranched alkanes of at least 4 members (excludes halogenated alkanes) is 1. The maximum absolute atomic E-state index is 5.45. The molecule has 0 unspecified atom stereocenters. The first kappa shape index (κ1) is 10.1. The number of H-pyrrole nitrogens is 1. The van der Waals surface area contributed by atoms with Crippen LogP contribution in [0.1, 0.15) is 12.8 Å². The summed E-state index contributed by atoms with van der Waals surface area (Å²) in [5, 5.41) is 0. The Labute approximate surface area is 79.7 Å². The van der Waals surface area contributed by atoms with E-state index in [2.05, 4.69) is 24.0 Å². The van der Waals surface area contributed by atoms with Crippen LogP contribution in [-0.2, 0) is 0 Å². The molecule has 0 aliphatic heterocycles. The highest BCUT2D eigenvalue weighted by Crippen LogP contribution is 2.05. The van der Waals surface area contributed by atoms with E-state index in [0.717, 1.165) is 25.5 Å². The molecular weight excluding hydrogens is 164 g/mol. The number of hydrogen-bond donors (Lipinski definition) is 1. The Kier molecular flexibility index (Phi) is 4.40. The first-order valence-corrected chi connectivity index (χ1v) is 4.70. The molecule has 0 atom stereocenters. The van der Waals surface area contributed by atoms with Crippen molar-refractivity contribution >= 4 is 0 Å². The van der Waals surface area contributed by atoms with E-state index < -0.39 is 0 Å². The van der Waals surface area contributed by atoms with Crippen molar-refractivity contribution in [3.8, 4) is 5.88 Å². The van der Waals surface area contributed by atoms with Gasteiger partial charge in [0.25, 0.3) is 0 Å². The van der Waals surface area contributed by atoms with Crippen LogP contribution in [0.4, 0.5) is 0 Å². The number of hydrogen-bond acceptors (Lipinski definition) is 2. The summed E-state index contributed by atoms with van der Waals surface area (Å²) in [5.41, 5.74) is 0. The second kappa shape index (κ2) is 5.65. The van der Waals surface area contributed by atoms with Crippen LogP contribution < -0.4 is 4.74 Å². The predicted octanol–water partition coefficient (Wildman–Crippen LogP) is 1.74. The van der Waals surface area contributed by atoms with Crippen molar-refractivity contribution in [2.75, 3.05) is 27.2 Å². The molecular formula is C10H18N2O. The van der Waals surface area contributed by atoms with E-state index >= 15 is 0 Å². The second-order valence-electron chi connectivity index (χ2n) is 3.39. The fraction of sp³-hybridized carbons (Fsp3) is 0.600. The summed E-state index contributed by atoms with van der Waals surface area (Å²) < 4.78 is 5.45. The Bertz CT molecular complexity index is 207. The molecule has 3 heteroatoms. The van der Waals surface area contributed by atoms with Crippen molar-refractivity contribution in [2.45, 2.75) is 12.8 Å². The van der Waals surface area contributed by atoms with Gasteiger partial charge in [0, 0.05) is 6.20 Å². The molecule has 0 fully saturated rings. The number of ether oxygens (including phenoxy) is 1. The minimum atomic E-state index is 0.800. The Morgan fingerprint density at radius 3 is 2.85 bits per heavy atom. The maximum atomic E-state index is 5.45. The molecule has 0 saturated carbocycles. The summed E-state index contributed by atoms with van der Waals surface area (Å²) >= 11 is 0. The highest BCUT2D eigenvalue weighted by molar-refractivity contribution is 5.09. The van der Waals surface area contributed by atoms with Gasteiger partial charge in [0.1, 0.15) is 0 Å². The van der Waals surface area contributed by atoms with E-state index in [1.54, 1.807) is 0 Å². The third-order valence-corrected chi connectivity index (χ3v) is 1.83. The molecule has 0 aromatic carbocycles. The Balaban J connectivity index is 1.96. The molecule has 0 saturated heterocycles. The molecule has 0 aliphatic carbocycles. The van der Waals surface area contributed by atoms with Gasteiger partial charge in [-0.2, -0.15) is 0 Å². The average Bonchev–Trinajstić information content (AvgIpc) is 2.55. The molecule has 0 radical (unpaired) electrons. The van der Waals surface area contributed by atoms with Crippen molar-refractivity contribution < 1.29 is 4.74 Å². The van der Waals surface area contributed by atoms with Crippen LogP contribution in [0.2, 0.25) is 0 Å². The van der Waals surface area contributed by atoms with E-state index in [4.69, 9.17) is 4.74 Å². The quantitative estimate of drug-likeness (QED) is 0.679. The van der Waals surface area contributed by atoms with Crippen LogP contribution in [0.3, 0.4) is 0 Å². The van der Waals surface area contributed by atoms with Crippen LogP contribution in [0.25, 0.3) is 0 Å². The summed E-state index contributed by atoms with van der Waals surface area (Å²) in [5.74, 6) is 0.866. The van der Waals surface area contributed by atoms with Gasteiger partial charge in [-0.1, -0.05) is 0 Å². The first-order valence-electron chi connectivity index (χ1n) is 4.70. The topological polar surface area (TPSA) is 28.3 Å². The molecule has 0 bridgehead atoms. The van der Waals surface area contributed by atoms with E-state index in [9.17, 15) is 0 Å². The minimum Gasteiger partial charge on any atom is -0.479 e. The standard InChI is InChI=1S/C10H18N2O/c1-12(2)8-3-4-9-13-10-6-5-7-11-10/h5-7,11H,3-4,8-9H2,1-2H3. The molecule has 1 heterocycles. The van der Waals surface area contributed by atoms with Gasteiger partial charge in [-0.05, 0) is 45.6 Å². The summed E-state index contributed by atoms with van der Waals surface area (Å²) in [6, 6.07) is 3.88. The average molecular weight is 182 g/mol. The largest absolute Gasteiger partial charge is 0.479 e. The van der Waals surface area contributed by atoms with E-state index in [-0.39, 0.29) is 0 Å². The van der Waals surface area contributed by atoms with Crippen LogP contribution in [0.15, 0.2) is 18.3 Å². The van der Waals surface area contributed by atoms with E-state index in [1.165, 1.54) is 6.42 Å². The van der Waals surface area contributed by atoms with Gasteiger partial charge in [0.15, 0.2) is 5.88 Å². The van der Waals surface area contributed by atoms with Crippen LogP contribution in [0, 0.1) is 0 Å². The van der Waals surface area contributed by atoms with E-state index in [1.807, 2.05) is 18.3 Å². The smallest absolute Gasteiger partial charge is 0.190 e. The molecule has 1 N–H and O–H groups in total. The van der Waals surface area contributed by atoms with Crippen LogP contribution in [0.5, 0.6) is 5.88 Å². The lowest BCUT2D eigenvalue weighted by atomic mass is 10.3. The lowest BCUT2D eigenvalue weighted by molar-refractivity contribution is 0.285. The molecule has 1 aromatic heterocycles. The molecule has 0 aliphatic rings. The zero-order chi connectivity index (χ0) is 9.52.